The molecule has 1 fully saturated rings. The minimum Gasteiger partial charge on any atom is -0.386 e. The fraction of sp³-hybridized carbons (Fsp3) is 0.857. The number of hydrogen-bond acceptors (Lipinski definition) is 3. The van der Waals surface area contributed by atoms with Crippen molar-refractivity contribution in [2.45, 2.75) is 12.5 Å². The van der Waals surface area contributed by atoms with Gasteiger partial charge in [-0.1, -0.05) is 0 Å². The molecule has 0 saturated carbocycles. The van der Waals surface area contributed by atoms with Gasteiger partial charge in [0.25, 0.3) is 0 Å². The predicted octanol–water partition coefficient (Wildman–Crippen LogP) is -0.774. The van der Waals surface area contributed by atoms with Gasteiger partial charge in [-0.3, -0.25) is 4.79 Å². The zero-order valence-electron chi connectivity index (χ0n) is 6.83. The van der Waals surface area contributed by atoms with E-state index in [4.69, 9.17) is 0 Å². The van der Waals surface area contributed by atoms with Crippen LogP contribution in [0.15, 0.2) is 0 Å². The number of ether oxygens (including phenoxy) is 1. The van der Waals surface area contributed by atoms with Crippen LogP contribution in [0.1, 0.15) is 6.92 Å². The molecule has 0 aromatic carbocycles. The average molecular weight is 159 g/mol. The second-order valence-corrected chi connectivity index (χ2v) is 3.18. The molecular formula is C7H13NO3. The average Bonchev–Trinajstić information content (AvgIpc) is 1.83. The summed E-state index contributed by atoms with van der Waals surface area (Å²) in [6.45, 7) is 2.67. The summed E-state index contributed by atoms with van der Waals surface area (Å²) in [4.78, 5) is 12.6. The molecule has 1 aliphatic heterocycles. The molecule has 0 radical (unpaired) electrons. The van der Waals surface area contributed by atoms with Gasteiger partial charge in [-0.25, -0.2) is 0 Å². The van der Waals surface area contributed by atoms with Gasteiger partial charge in [-0.05, 0) is 6.92 Å². The van der Waals surface area contributed by atoms with E-state index in [0.717, 1.165) is 0 Å². The number of amides is 1. The molecule has 1 rings (SSSR count). The predicted molar refractivity (Wildman–Crippen MR) is 39.1 cm³/mol. The molecule has 0 atom stereocenters. The Morgan fingerprint density at radius 3 is 2.64 bits per heavy atom. The van der Waals surface area contributed by atoms with Crippen molar-refractivity contribution >= 4 is 5.91 Å². The highest BCUT2D eigenvalue weighted by Gasteiger charge is 2.38. The Balaban J connectivity index is 2.27. The molecule has 4 nitrogen and oxygen atoms in total. The number of β-amino-alcohol motifs (C(OH)–C–C–N with tert-alkyl or cyclic N) is 1. The Hall–Kier alpha value is -0.610. The Labute approximate surface area is 65.8 Å². The van der Waals surface area contributed by atoms with Gasteiger partial charge in [-0.2, -0.15) is 0 Å². The minimum atomic E-state index is -0.677. The van der Waals surface area contributed by atoms with Gasteiger partial charge in [0.1, 0.15) is 6.61 Å². The molecule has 0 spiro atoms. The molecule has 64 valence electrons. The Bertz CT molecular complexity index is 159. The van der Waals surface area contributed by atoms with Crippen LogP contribution < -0.4 is 0 Å². The number of nitrogens with zero attached hydrogens (tertiary/aromatic N) is 1. The van der Waals surface area contributed by atoms with Crippen molar-refractivity contribution in [1.29, 1.82) is 0 Å². The second-order valence-electron chi connectivity index (χ2n) is 3.18. The lowest BCUT2D eigenvalue weighted by molar-refractivity contribution is -0.155. The zero-order chi connectivity index (χ0) is 8.48. The summed E-state index contributed by atoms with van der Waals surface area (Å²) in [5.74, 6) is -0.0565. The maximum Gasteiger partial charge on any atom is 0.248 e. The van der Waals surface area contributed by atoms with Gasteiger partial charge >= 0.3 is 0 Å². The van der Waals surface area contributed by atoms with Gasteiger partial charge in [0.15, 0.2) is 0 Å². The number of carbonyl (C=O) groups is 1. The Kier molecular flexibility index (Phi) is 2.15. The monoisotopic (exact) mass is 159 g/mol. The summed E-state index contributed by atoms with van der Waals surface area (Å²) >= 11 is 0. The van der Waals surface area contributed by atoms with Crippen LogP contribution in [0.4, 0.5) is 0 Å². The fourth-order valence-electron chi connectivity index (χ4n) is 1.17. The Morgan fingerprint density at radius 1 is 1.73 bits per heavy atom. The molecule has 0 aromatic rings. The molecule has 0 aliphatic carbocycles. The molecule has 0 aromatic heterocycles. The van der Waals surface area contributed by atoms with E-state index in [2.05, 4.69) is 4.74 Å². The third-order valence-corrected chi connectivity index (χ3v) is 1.68. The van der Waals surface area contributed by atoms with Gasteiger partial charge < -0.3 is 14.7 Å². The van der Waals surface area contributed by atoms with Crippen molar-refractivity contribution in [3.8, 4) is 0 Å². The summed E-state index contributed by atoms with van der Waals surface area (Å²) in [6.07, 6.45) is 0. The van der Waals surface area contributed by atoms with Crippen LogP contribution in [-0.4, -0.2) is 48.3 Å². The summed E-state index contributed by atoms with van der Waals surface area (Å²) in [5, 5.41) is 9.27. The van der Waals surface area contributed by atoms with Crippen molar-refractivity contribution in [2.24, 2.45) is 0 Å². The molecular weight excluding hydrogens is 146 g/mol. The van der Waals surface area contributed by atoms with Gasteiger partial charge in [0.2, 0.25) is 5.91 Å². The van der Waals surface area contributed by atoms with Crippen molar-refractivity contribution in [3.05, 3.63) is 0 Å². The third-order valence-electron chi connectivity index (χ3n) is 1.68. The smallest absolute Gasteiger partial charge is 0.248 e. The van der Waals surface area contributed by atoms with Crippen LogP contribution in [0.25, 0.3) is 0 Å². The maximum absolute atomic E-state index is 11.0. The highest BCUT2D eigenvalue weighted by molar-refractivity contribution is 5.78. The minimum absolute atomic E-state index is 0.0565. The van der Waals surface area contributed by atoms with E-state index < -0.39 is 5.60 Å². The number of methoxy groups -OCH3 is 1. The molecule has 1 saturated heterocycles. The lowest BCUT2D eigenvalue weighted by atomic mass is 9.97. The van der Waals surface area contributed by atoms with E-state index in [0.29, 0.717) is 13.1 Å². The number of rotatable bonds is 2. The molecule has 0 bridgehead atoms. The number of hydrogen-bond donors (Lipinski definition) is 1. The van der Waals surface area contributed by atoms with Gasteiger partial charge in [-0.15, -0.1) is 0 Å². The molecule has 1 amide bonds. The first-order valence-corrected chi connectivity index (χ1v) is 3.54. The molecule has 1 heterocycles. The van der Waals surface area contributed by atoms with Crippen molar-refractivity contribution in [1.82, 2.24) is 4.90 Å². The van der Waals surface area contributed by atoms with Crippen molar-refractivity contribution in [2.75, 3.05) is 26.8 Å². The first-order valence-electron chi connectivity index (χ1n) is 3.54. The highest BCUT2D eigenvalue weighted by Crippen LogP contribution is 2.19. The molecule has 0 unspecified atom stereocenters. The normalized spacial score (nSPS) is 21.2. The number of likely N-dealkylation sites (tertiary alicyclic amines) is 1. The summed E-state index contributed by atoms with van der Waals surface area (Å²) in [5.41, 5.74) is -0.677. The van der Waals surface area contributed by atoms with E-state index >= 15 is 0 Å². The fourth-order valence-corrected chi connectivity index (χ4v) is 1.17. The van der Waals surface area contributed by atoms with Gasteiger partial charge in [0.05, 0.1) is 18.7 Å². The third kappa shape index (κ3) is 1.91. The first-order chi connectivity index (χ1) is 5.05. The lowest BCUT2D eigenvalue weighted by Gasteiger charge is -2.43. The van der Waals surface area contributed by atoms with E-state index in [-0.39, 0.29) is 12.5 Å². The Morgan fingerprint density at radius 2 is 2.27 bits per heavy atom. The molecule has 1 aliphatic rings. The van der Waals surface area contributed by atoms with Crippen LogP contribution >= 0.6 is 0 Å². The zero-order valence-corrected chi connectivity index (χ0v) is 6.83. The lowest BCUT2D eigenvalue weighted by Crippen LogP contribution is -2.62. The topological polar surface area (TPSA) is 49.8 Å². The van der Waals surface area contributed by atoms with Crippen LogP contribution in [-0.2, 0) is 9.53 Å². The number of carbonyl (C=O) groups excluding carboxylic acids is 1. The van der Waals surface area contributed by atoms with Crippen LogP contribution in [0.2, 0.25) is 0 Å². The summed E-state index contributed by atoms with van der Waals surface area (Å²) < 4.78 is 4.66. The van der Waals surface area contributed by atoms with Crippen molar-refractivity contribution in [3.63, 3.8) is 0 Å². The molecule has 11 heavy (non-hydrogen) atoms. The highest BCUT2D eigenvalue weighted by atomic mass is 16.5. The van der Waals surface area contributed by atoms with E-state index in [1.807, 2.05) is 0 Å². The van der Waals surface area contributed by atoms with Crippen molar-refractivity contribution < 1.29 is 14.6 Å². The number of aliphatic hydroxyl groups is 1. The van der Waals surface area contributed by atoms with Crippen LogP contribution in [0.5, 0.6) is 0 Å². The second kappa shape index (κ2) is 2.79. The molecule has 4 heteroatoms. The first kappa shape index (κ1) is 8.49. The molecule has 1 N–H and O–H groups in total. The van der Waals surface area contributed by atoms with Gasteiger partial charge in [0, 0.05) is 7.11 Å². The van der Waals surface area contributed by atoms with E-state index in [1.165, 1.54) is 7.11 Å². The van der Waals surface area contributed by atoms with Crippen LogP contribution in [0, 0.1) is 0 Å². The van der Waals surface area contributed by atoms with E-state index in [9.17, 15) is 9.90 Å². The standard InChI is InChI=1S/C7H13NO3/c1-7(10)4-8(5-7)6(9)3-11-2/h10H,3-5H2,1-2H3. The quantitative estimate of drug-likeness (QED) is 0.575. The summed E-state index contributed by atoms with van der Waals surface area (Å²) in [6, 6.07) is 0. The van der Waals surface area contributed by atoms with Crippen LogP contribution in [0.3, 0.4) is 0 Å². The summed E-state index contributed by atoms with van der Waals surface area (Å²) in [7, 11) is 1.48. The maximum atomic E-state index is 11.0. The van der Waals surface area contributed by atoms with E-state index in [1.54, 1.807) is 11.8 Å². The largest absolute Gasteiger partial charge is 0.386 e. The SMILES string of the molecule is COCC(=O)N1CC(C)(O)C1.